The minimum Gasteiger partial charge on any atom is -0.481 e. The third-order valence-corrected chi connectivity index (χ3v) is 4.54. The second-order valence-electron chi connectivity index (χ2n) is 8.12. The van der Waals surface area contributed by atoms with E-state index < -0.39 is 29.6 Å². The van der Waals surface area contributed by atoms with E-state index in [-0.39, 0.29) is 23.2 Å². The van der Waals surface area contributed by atoms with Gasteiger partial charge in [0.1, 0.15) is 17.3 Å². The van der Waals surface area contributed by atoms with Crippen molar-refractivity contribution < 1.29 is 22.7 Å². The highest BCUT2D eigenvalue weighted by molar-refractivity contribution is 5.97. The first kappa shape index (κ1) is 22.7. The Balaban J connectivity index is 2.30. The zero-order chi connectivity index (χ0) is 22.0. The van der Waals surface area contributed by atoms with Gasteiger partial charge in [-0.15, -0.1) is 5.10 Å². The van der Waals surface area contributed by atoms with Crippen molar-refractivity contribution >= 4 is 11.7 Å². The summed E-state index contributed by atoms with van der Waals surface area (Å²) in [5.41, 5.74) is 7.92. The van der Waals surface area contributed by atoms with E-state index in [0.29, 0.717) is 5.56 Å². The summed E-state index contributed by atoms with van der Waals surface area (Å²) in [4.78, 5) is 16.8. The molecule has 0 aromatic carbocycles. The van der Waals surface area contributed by atoms with Gasteiger partial charge in [0.2, 0.25) is 0 Å². The van der Waals surface area contributed by atoms with Gasteiger partial charge in [0, 0.05) is 17.8 Å². The third kappa shape index (κ3) is 5.96. The van der Waals surface area contributed by atoms with Crippen LogP contribution in [0.4, 0.5) is 13.2 Å². The number of nitrogens with zero attached hydrogens (tertiary/aromatic N) is 2. The molecule has 0 saturated heterocycles. The van der Waals surface area contributed by atoms with Crippen LogP contribution < -0.4 is 27.2 Å². The molecule has 1 aliphatic rings. The average Bonchev–Trinajstić information content (AvgIpc) is 3.42. The van der Waals surface area contributed by atoms with Crippen LogP contribution >= 0.6 is 0 Å². The molecular weight excluding hydrogens is 389 g/mol. The van der Waals surface area contributed by atoms with Crippen molar-refractivity contribution in [2.24, 2.45) is 22.1 Å². The lowest BCUT2D eigenvalue weighted by Crippen LogP contribution is -2.53. The lowest BCUT2D eigenvalue weighted by Gasteiger charge is -2.30. The Morgan fingerprint density at radius 2 is 1.97 bits per heavy atom. The molecule has 2 rings (SSSR count). The second kappa shape index (κ2) is 8.44. The van der Waals surface area contributed by atoms with Gasteiger partial charge < -0.3 is 15.8 Å². The maximum Gasteiger partial charge on any atom is 0.425 e. The number of aromatic nitrogens is 1. The number of nitrogens with two attached hydrogens (primary N) is 2. The van der Waals surface area contributed by atoms with Gasteiger partial charge in [-0.3, -0.25) is 9.78 Å². The van der Waals surface area contributed by atoms with Crippen LogP contribution in [0.1, 0.15) is 62.5 Å². The van der Waals surface area contributed by atoms with Crippen molar-refractivity contribution in [1.82, 2.24) is 15.8 Å². The number of amidine groups is 1. The first-order chi connectivity index (χ1) is 13.3. The third-order valence-electron chi connectivity index (χ3n) is 4.54. The monoisotopic (exact) mass is 416 g/mol. The van der Waals surface area contributed by atoms with E-state index in [9.17, 15) is 18.0 Å². The number of hydrogen-bond acceptors (Lipinski definition) is 6. The standard InChI is InChI=1S/C18H27F3N6O2/c1-9(18(19,20)21)29-13-7-12(24-8-11(13)10-5-6-10)16(28)25-14(17(2,3)4)15(22)26-27-23/h7-10,14,27H,5-6,23H2,1-4H3,(H2,22,26)(H,25,28)/t9-,14?/m0/s1. The van der Waals surface area contributed by atoms with E-state index in [4.69, 9.17) is 16.3 Å². The fourth-order valence-electron chi connectivity index (χ4n) is 2.71. The molecule has 1 heterocycles. The average molecular weight is 416 g/mol. The van der Waals surface area contributed by atoms with Crippen LogP contribution in [0.2, 0.25) is 0 Å². The largest absolute Gasteiger partial charge is 0.481 e. The molecule has 1 amide bonds. The van der Waals surface area contributed by atoms with Crippen molar-refractivity contribution in [1.29, 1.82) is 0 Å². The minimum atomic E-state index is -4.52. The van der Waals surface area contributed by atoms with E-state index in [1.54, 1.807) is 0 Å². The lowest BCUT2D eigenvalue weighted by atomic mass is 9.86. The molecule has 0 radical (unpaired) electrons. The Hall–Kier alpha value is -2.56. The van der Waals surface area contributed by atoms with Crippen molar-refractivity contribution in [3.63, 3.8) is 0 Å². The van der Waals surface area contributed by atoms with Crippen LogP contribution in [0.3, 0.4) is 0 Å². The first-order valence-corrected chi connectivity index (χ1v) is 9.17. The molecular formula is C18H27F3N6O2. The Kier molecular flexibility index (Phi) is 6.61. The quantitative estimate of drug-likeness (QED) is 0.233. The number of hydrogen-bond donors (Lipinski definition) is 4. The van der Waals surface area contributed by atoms with E-state index in [1.807, 2.05) is 20.8 Å². The topological polar surface area (TPSA) is 128 Å². The summed E-state index contributed by atoms with van der Waals surface area (Å²) in [7, 11) is 0. The summed E-state index contributed by atoms with van der Waals surface area (Å²) in [5.74, 6) is 4.68. The number of rotatable bonds is 7. The van der Waals surface area contributed by atoms with Gasteiger partial charge in [-0.2, -0.15) is 13.2 Å². The van der Waals surface area contributed by atoms with E-state index in [1.165, 1.54) is 12.3 Å². The number of ether oxygens (including phenoxy) is 1. The normalized spacial score (nSPS) is 17.4. The molecule has 1 unspecified atom stereocenters. The van der Waals surface area contributed by atoms with Gasteiger partial charge in [-0.05, 0) is 31.1 Å². The molecule has 1 fully saturated rings. The summed E-state index contributed by atoms with van der Waals surface area (Å²) in [6.45, 7) is 6.42. The van der Waals surface area contributed by atoms with Crippen molar-refractivity contribution in [3.05, 3.63) is 23.5 Å². The number of halogens is 3. The van der Waals surface area contributed by atoms with E-state index in [2.05, 4.69) is 20.9 Å². The molecule has 6 N–H and O–H groups in total. The number of amides is 1. The SMILES string of the molecule is C[C@H](Oc1cc(C(=O)NC(/C(N)=N/NN)C(C)(C)C)ncc1C1CC1)C(F)(F)F. The maximum atomic E-state index is 12.9. The highest BCUT2D eigenvalue weighted by atomic mass is 19.4. The highest BCUT2D eigenvalue weighted by Crippen LogP contribution is 2.44. The van der Waals surface area contributed by atoms with Crippen molar-refractivity contribution in [2.45, 2.75) is 64.8 Å². The number of alkyl halides is 3. The van der Waals surface area contributed by atoms with Gasteiger partial charge in [0.25, 0.3) is 5.91 Å². The van der Waals surface area contributed by atoms with Crippen LogP contribution in [0.25, 0.3) is 0 Å². The fourth-order valence-corrected chi connectivity index (χ4v) is 2.71. The molecule has 11 heteroatoms. The molecule has 0 bridgehead atoms. The van der Waals surface area contributed by atoms with Crippen LogP contribution in [-0.2, 0) is 0 Å². The summed E-state index contributed by atoms with van der Waals surface area (Å²) < 4.78 is 44.0. The Morgan fingerprint density at radius 3 is 2.45 bits per heavy atom. The molecule has 0 spiro atoms. The molecule has 2 atom stereocenters. The smallest absolute Gasteiger partial charge is 0.425 e. The fraction of sp³-hybridized carbons (Fsp3) is 0.611. The first-order valence-electron chi connectivity index (χ1n) is 9.17. The van der Waals surface area contributed by atoms with Gasteiger partial charge >= 0.3 is 6.18 Å². The van der Waals surface area contributed by atoms with Gasteiger partial charge in [0.15, 0.2) is 6.10 Å². The summed E-state index contributed by atoms with van der Waals surface area (Å²) in [5, 5.41) is 6.41. The number of carbonyl (C=O) groups excluding carboxylic acids is 1. The molecule has 1 aromatic rings. The molecule has 162 valence electrons. The molecule has 8 nitrogen and oxygen atoms in total. The van der Waals surface area contributed by atoms with Crippen LogP contribution in [0, 0.1) is 5.41 Å². The van der Waals surface area contributed by atoms with Crippen LogP contribution in [0.5, 0.6) is 5.75 Å². The van der Waals surface area contributed by atoms with Crippen molar-refractivity contribution in [2.75, 3.05) is 0 Å². The highest BCUT2D eigenvalue weighted by Gasteiger charge is 2.39. The van der Waals surface area contributed by atoms with Crippen molar-refractivity contribution in [3.8, 4) is 5.75 Å². The molecule has 1 saturated carbocycles. The molecule has 0 aliphatic heterocycles. The number of hydrazine groups is 1. The number of pyridine rings is 1. The van der Waals surface area contributed by atoms with E-state index in [0.717, 1.165) is 19.8 Å². The molecule has 1 aromatic heterocycles. The lowest BCUT2D eigenvalue weighted by molar-refractivity contribution is -0.189. The Bertz CT molecular complexity index is 772. The Labute approximate surface area is 167 Å². The minimum absolute atomic E-state index is 0.00930. The summed E-state index contributed by atoms with van der Waals surface area (Å²) in [6, 6.07) is 0.536. The van der Waals surface area contributed by atoms with Gasteiger partial charge in [-0.1, -0.05) is 20.8 Å². The van der Waals surface area contributed by atoms with E-state index >= 15 is 0 Å². The Morgan fingerprint density at radius 1 is 1.34 bits per heavy atom. The number of nitrogens with one attached hydrogen (secondary N) is 2. The van der Waals surface area contributed by atoms with Gasteiger partial charge in [0.05, 0.1) is 6.04 Å². The summed E-state index contributed by atoms with van der Waals surface area (Å²) >= 11 is 0. The van der Waals surface area contributed by atoms with Crippen LogP contribution in [0.15, 0.2) is 17.4 Å². The zero-order valence-electron chi connectivity index (χ0n) is 16.8. The van der Waals surface area contributed by atoms with Gasteiger partial charge in [-0.25, -0.2) is 11.4 Å². The summed E-state index contributed by atoms with van der Waals surface area (Å²) in [6.07, 6.45) is -3.45. The number of hydrazone groups is 1. The molecule has 29 heavy (non-hydrogen) atoms. The second-order valence-corrected chi connectivity index (χ2v) is 8.12. The predicted octanol–water partition coefficient (Wildman–Crippen LogP) is 2.17. The van der Waals surface area contributed by atoms with Crippen LogP contribution in [-0.4, -0.2) is 35.0 Å². The number of carbonyl (C=O) groups is 1. The zero-order valence-corrected chi connectivity index (χ0v) is 16.8. The predicted molar refractivity (Wildman–Crippen MR) is 102 cm³/mol. The maximum absolute atomic E-state index is 12.9. The molecule has 1 aliphatic carbocycles.